The molecule has 3 aromatic rings. The Morgan fingerprint density at radius 1 is 1.19 bits per heavy atom. The number of hydrogen-bond acceptors (Lipinski definition) is 3. The molecule has 27 heavy (non-hydrogen) atoms. The average Bonchev–Trinajstić information content (AvgIpc) is 3.02. The molecular weight excluding hydrogens is 389 g/mol. The van der Waals surface area contributed by atoms with E-state index in [9.17, 15) is 14.7 Å². The van der Waals surface area contributed by atoms with Crippen LogP contribution in [0.5, 0.6) is 0 Å². The van der Waals surface area contributed by atoms with Crippen molar-refractivity contribution in [1.29, 1.82) is 0 Å². The quantitative estimate of drug-likeness (QED) is 0.699. The Hall–Kier alpha value is -2.57. The lowest BCUT2D eigenvalue weighted by Crippen LogP contribution is -2.28. The van der Waals surface area contributed by atoms with Gasteiger partial charge in [-0.2, -0.15) is 5.10 Å². The van der Waals surface area contributed by atoms with Gasteiger partial charge >= 0.3 is 5.97 Å². The van der Waals surface area contributed by atoms with Gasteiger partial charge in [-0.05, 0) is 39.0 Å². The van der Waals surface area contributed by atoms with E-state index >= 15 is 0 Å². The molecule has 6 nitrogen and oxygen atoms in total. The maximum atomic E-state index is 13.1. The zero-order valence-electron chi connectivity index (χ0n) is 15.0. The first-order valence-corrected chi connectivity index (χ1v) is 9.00. The summed E-state index contributed by atoms with van der Waals surface area (Å²) in [5.74, 6) is -1.31. The van der Waals surface area contributed by atoms with Crippen LogP contribution in [0.3, 0.4) is 0 Å². The van der Waals surface area contributed by atoms with Gasteiger partial charge in [-0.1, -0.05) is 29.3 Å². The zero-order chi connectivity index (χ0) is 19.9. The molecular formula is C19H17Cl2N3O3. The van der Waals surface area contributed by atoms with Gasteiger partial charge in [0.25, 0.3) is 0 Å². The molecule has 1 aromatic carbocycles. The third kappa shape index (κ3) is 3.26. The van der Waals surface area contributed by atoms with E-state index in [1.807, 2.05) is 6.92 Å². The third-order valence-corrected chi connectivity index (χ3v) is 5.11. The topological polar surface area (TPSA) is 77.1 Å². The Bertz CT molecular complexity index is 1120. The first-order valence-electron chi connectivity index (χ1n) is 8.25. The normalized spacial score (nSPS) is 11.0. The molecule has 0 atom stereocenters. The minimum atomic E-state index is -1.31. The summed E-state index contributed by atoms with van der Waals surface area (Å²) < 4.78 is 3.20. The van der Waals surface area contributed by atoms with E-state index < -0.39 is 11.4 Å². The maximum absolute atomic E-state index is 13.1. The molecule has 0 unspecified atom stereocenters. The first kappa shape index (κ1) is 19.2. The lowest BCUT2D eigenvalue weighted by molar-refractivity contribution is 0.0695. The highest BCUT2D eigenvalue weighted by Gasteiger charge is 2.26. The van der Waals surface area contributed by atoms with Gasteiger partial charge < -0.3 is 9.67 Å². The molecule has 2 aromatic heterocycles. The molecule has 0 aliphatic rings. The molecule has 0 aliphatic heterocycles. The second-order valence-electron chi connectivity index (χ2n) is 6.07. The molecule has 0 fully saturated rings. The number of carboxylic acids is 1. The number of rotatable bonds is 4. The number of aromatic carboxylic acids is 1. The average molecular weight is 406 g/mol. The van der Waals surface area contributed by atoms with Gasteiger partial charge in [0, 0.05) is 24.0 Å². The number of carboxylic acid groups (broad SMARTS) is 1. The van der Waals surface area contributed by atoms with Crippen molar-refractivity contribution in [3.05, 3.63) is 67.7 Å². The predicted molar refractivity (Wildman–Crippen MR) is 105 cm³/mol. The van der Waals surface area contributed by atoms with Crippen LogP contribution in [0.25, 0.3) is 16.9 Å². The van der Waals surface area contributed by atoms with Gasteiger partial charge in [0.1, 0.15) is 11.3 Å². The number of halogens is 2. The summed E-state index contributed by atoms with van der Waals surface area (Å²) in [5.41, 5.74) is 1.41. The molecule has 0 saturated carbocycles. The highest BCUT2D eigenvalue weighted by atomic mass is 35.5. The third-order valence-electron chi connectivity index (χ3n) is 4.37. The van der Waals surface area contributed by atoms with Gasteiger partial charge in [-0.25, -0.2) is 9.48 Å². The highest BCUT2D eigenvalue weighted by Crippen LogP contribution is 2.31. The van der Waals surface area contributed by atoms with Gasteiger partial charge in [0.15, 0.2) is 0 Å². The second-order valence-corrected chi connectivity index (χ2v) is 6.88. The van der Waals surface area contributed by atoms with E-state index in [-0.39, 0.29) is 16.3 Å². The van der Waals surface area contributed by atoms with Crippen LogP contribution in [0, 0.1) is 13.8 Å². The smallest absolute Gasteiger partial charge is 0.341 e. The minimum Gasteiger partial charge on any atom is -0.477 e. The van der Waals surface area contributed by atoms with Crippen LogP contribution in [0.1, 0.15) is 28.7 Å². The van der Waals surface area contributed by atoms with Crippen molar-refractivity contribution in [2.75, 3.05) is 0 Å². The van der Waals surface area contributed by atoms with Crippen molar-refractivity contribution in [3.63, 3.8) is 0 Å². The zero-order valence-corrected chi connectivity index (χ0v) is 16.5. The van der Waals surface area contributed by atoms with Crippen molar-refractivity contribution >= 4 is 29.2 Å². The van der Waals surface area contributed by atoms with Gasteiger partial charge in [0.05, 0.1) is 21.4 Å². The van der Waals surface area contributed by atoms with E-state index in [2.05, 4.69) is 5.10 Å². The fraction of sp³-hybridized carbons (Fsp3) is 0.211. The highest BCUT2D eigenvalue weighted by molar-refractivity contribution is 6.42. The monoisotopic (exact) mass is 405 g/mol. The van der Waals surface area contributed by atoms with Crippen molar-refractivity contribution in [2.24, 2.45) is 0 Å². The minimum absolute atomic E-state index is 0.214. The summed E-state index contributed by atoms with van der Waals surface area (Å²) in [6.45, 7) is 5.90. The van der Waals surface area contributed by atoms with E-state index in [0.717, 1.165) is 5.69 Å². The van der Waals surface area contributed by atoms with E-state index in [0.29, 0.717) is 28.5 Å². The lowest BCUT2D eigenvalue weighted by atomic mass is 10.0. The van der Waals surface area contributed by atoms with Crippen molar-refractivity contribution in [2.45, 2.75) is 27.3 Å². The van der Waals surface area contributed by atoms with E-state index in [4.69, 9.17) is 23.2 Å². The van der Waals surface area contributed by atoms with Crippen LogP contribution in [-0.2, 0) is 6.54 Å². The standard InChI is InChI=1S/C19H17Cl2N3O3/c1-4-23-11(3)16(24-8-7-10(2)22-24)18(25)15(19(26)27)17(23)12-5-6-13(20)14(21)9-12/h5-9H,4H2,1-3H3,(H,26,27). The van der Waals surface area contributed by atoms with Gasteiger partial charge in [0.2, 0.25) is 5.43 Å². The van der Waals surface area contributed by atoms with Gasteiger partial charge in [-0.15, -0.1) is 0 Å². The molecule has 0 radical (unpaired) electrons. The summed E-state index contributed by atoms with van der Waals surface area (Å²) >= 11 is 12.1. The van der Waals surface area contributed by atoms with Crippen LogP contribution in [-0.4, -0.2) is 25.4 Å². The first-order chi connectivity index (χ1) is 12.8. The summed E-state index contributed by atoms with van der Waals surface area (Å²) in [7, 11) is 0. The van der Waals surface area contributed by atoms with E-state index in [1.165, 1.54) is 4.68 Å². The molecule has 0 spiro atoms. The Labute approximate surface area is 165 Å². The number of nitrogens with zero attached hydrogens (tertiary/aromatic N) is 3. The lowest BCUT2D eigenvalue weighted by Gasteiger charge is -2.21. The fourth-order valence-corrected chi connectivity index (χ4v) is 3.47. The van der Waals surface area contributed by atoms with Crippen LogP contribution >= 0.6 is 23.2 Å². The Morgan fingerprint density at radius 3 is 2.41 bits per heavy atom. The van der Waals surface area contributed by atoms with Gasteiger partial charge in [-0.3, -0.25) is 4.79 Å². The van der Waals surface area contributed by atoms with Crippen molar-refractivity contribution in [1.82, 2.24) is 14.3 Å². The molecule has 0 amide bonds. The summed E-state index contributed by atoms with van der Waals surface area (Å²) in [4.78, 5) is 25.2. The molecule has 1 N–H and O–H groups in total. The molecule has 0 aliphatic carbocycles. The summed E-state index contributed by atoms with van der Waals surface area (Å²) in [5, 5.41) is 14.7. The molecule has 2 heterocycles. The molecule has 8 heteroatoms. The van der Waals surface area contributed by atoms with Crippen LogP contribution in [0.15, 0.2) is 35.3 Å². The largest absolute Gasteiger partial charge is 0.477 e. The Balaban J connectivity index is 2.45. The molecule has 140 valence electrons. The second kappa shape index (κ2) is 7.21. The Kier molecular flexibility index (Phi) is 5.13. The van der Waals surface area contributed by atoms with Crippen LogP contribution in [0.2, 0.25) is 10.0 Å². The number of aryl methyl sites for hydroxylation is 1. The number of hydrogen-bond donors (Lipinski definition) is 1. The SMILES string of the molecule is CCn1c(C)c(-n2ccc(C)n2)c(=O)c(C(=O)O)c1-c1ccc(Cl)c(Cl)c1. The van der Waals surface area contributed by atoms with Crippen molar-refractivity contribution < 1.29 is 9.90 Å². The Morgan fingerprint density at radius 2 is 1.89 bits per heavy atom. The number of aromatic nitrogens is 3. The fourth-order valence-electron chi connectivity index (χ4n) is 3.17. The predicted octanol–water partition coefficient (Wildman–Crippen LogP) is 4.34. The van der Waals surface area contributed by atoms with E-state index in [1.54, 1.807) is 48.9 Å². The van der Waals surface area contributed by atoms with Crippen LogP contribution < -0.4 is 5.43 Å². The molecule has 3 rings (SSSR count). The number of carbonyl (C=O) groups is 1. The van der Waals surface area contributed by atoms with Crippen molar-refractivity contribution in [3.8, 4) is 16.9 Å². The maximum Gasteiger partial charge on any atom is 0.341 e. The summed E-state index contributed by atoms with van der Waals surface area (Å²) in [6.07, 6.45) is 1.64. The number of benzene rings is 1. The summed E-state index contributed by atoms with van der Waals surface area (Å²) in [6, 6.07) is 6.55. The molecule has 0 saturated heterocycles. The van der Waals surface area contributed by atoms with Crippen LogP contribution in [0.4, 0.5) is 0 Å². The molecule has 0 bridgehead atoms. The number of pyridine rings is 1.